The maximum Gasteiger partial charge on any atom is 0.123 e. The molecule has 0 saturated carbocycles. The number of morpholine rings is 1. The van der Waals surface area contributed by atoms with Crippen LogP contribution in [0.2, 0.25) is 0 Å². The molecule has 4 heteroatoms. The van der Waals surface area contributed by atoms with Crippen molar-refractivity contribution in [1.29, 1.82) is 0 Å². The molecule has 1 saturated heterocycles. The van der Waals surface area contributed by atoms with E-state index in [1.165, 1.54) is 5.56 Å². The predicted octanol–water partition coefficient (Wildman–Crippen LogP) is 2.72. The van der Waals surface area contributed by atoms with E-state index in [-0.39, 0.29) is 6.04 Å². The second kappa shape index (κ2) is 7.78. The van der Waals surface area contributed by atoms with Crippen molar-refractivity contribution in [3.8, 4) is 5.75 Å². The summed E-state index contributed by atoms with van der Waals surface area (Å²) in [5.74, 6) is 0.975. The van der Waals surface area contributed by atoms with Crippen LogP contribution in [0.3, 0.4) is 0 Å². The summed E-state index contributed by atoms with van der Waals surface area (Å²) < 4.78 is 11.4. The Bertz CT molecular complexity index is 448. The molecule has 0 aromatic heterocycles. The molecule has 1 aliphatic heterocycles. The maximum atomic E-state index is 6.02. The normalized spacial score (nSPS) is 21.2. The Kier molecular flexibility index (Phi) is 6.03. The number of nitrogens with two attached hydrogens (primary N) is 1. The van der Waals surface area contributed by atoms with Crippen LogP contribution in [0, 0.1) is 0 Å². The van der Waals surface area contributed by atoms with Crippen molar-refractivity contribution in [2.45, 2.75) is 45.8 Å². The Balaban J connectivity index is 2.20. The van der Waals surface area contributed by atoms with Crippen molar-refractivity contribution in [1.82, 2.24) is 4.90 Å². The molecule has 0 bridgehead atoms. The summed E-state index contributed by atoms with van der Waals surface area (Å²) in [6.07, 6.45) is 1.11. The zero-order valence-corrected chi connectivity index (χ0v) is 13.5. The number of hydrogen-bond donors (Lipinski definition) is 1. The van der Waals surface area contributed by atoms with Gasteiger partial charge in [-0.15, -0.1) is 0 Å². The smallest absolute Gasteiger partial charge is 0.123 e. The Morgan fingerprint density at radius 3 is 2.90 bits per heavy atom. The fourth-order valence-electron chi connectivity index (χ4n) is 2.79. The molecule has 1 heterocycles. The average molecular weight is 292 g/mol. The first kappa shape index (κ1) is 16.3. The van der Waals surface area contributed by atoms with E-state index in [1.807, 2.05) is 13.8 Å². The fraction of sp³-hybridized carbons (Fsp3) is 0.647. The summed E-state index contributed by atoms with van der Waals surface area (Å²) in [6, 6.07) is 6.85. The molecule has 1 aliphatic rings. The highest BCUT2D eigenvalue weighted by molar-refractivity contribution is 5.38. The minimum absolute atomic E-state index is 0.0473. The van der Waals surface area contributed by atoms with E-state index in [2.05, 4.69) is 30.0 Å². The van der Waals surface area contributed by atoms with E-state index in [9.17, 15) is 0 Å². The molecule has 0 radical (unpaired) electrons. The van der Waals surface area contributed by atoms with Crippen LogP contribution in [-0.2, 0) is 11.3 Å². The van der Waals surface area contributed by atoms with E-state index >= 15 is 0 Å². The third-order valence-electron chi connectivity index (χ3n) is 4.10. The topological polar surface area (TPSA) is 47.7 Å². The van der Waals surface area contributed by atoms with Crippen LogP contribution in [0.15, 0.2) is 18.2 Å². The zero-order valence-electron chi connectivity index (χ0n) is 13.5. The van der Waals surface area contributed by atoms with E-state index in [0.29, 0.717) is 12.6 Å². The highest BCUT2D eigenvalue weighted by Gasteiger charge is 2.22. The SMILES string of the molecule is CCOc1ccc(C(C)N)cc1CN1CCOCC1CC. The first-order chi connectivity index (χ1) is 10.2. The minimum atomic E-state index is 0.0473. The van der Waals surface area contributed by atoms with Crippen molar-refractivity contribution in [2.75, 3.05) is 26.4 Å². The summed E-state index contributed by atoms with van der Waals surface area (Å²) in [4.78, 5) is 2.49. The summed E-state index contributed by atoms with van der Waals surface area (Å²) in [5.41, 5.74) is 8.41. The maximum absolute atomic E-state index is 6.02. The third kappa shape index (κ3) is 4.19. The van der Waals surface area contributed by atoms with Crippen molar-refractivity contribution in [3.63, 3.8) is 0 Å². The first-order valence-electron chi connectivity index (χ1n) is 7.98. The minimum Gasteiger partial charge on any atom is -0.494 e. The van der Waals surface area contributed by atoms with Gasteiger partial charge in [-0.2, -0.15) is 0 Å². The number of rotatable bonds is 6. The fourth-order valence-corrected chi connectivity index (χ4v) is 2.79. The van der Waals surface area contributed by atoms with Crippen LogP contribution in [0.25, 0.3) is 0 Å². The van der Waals surface area contributed by atoms with Crippen LogP contribution in [0.1, 0.15) is 44.4 Å². The number of hydrogen-bond acceptors (Lipinski definition) is 4. The van der Waals surface area contributed by atoms with Gasteiger partial charge in [-0.05, 0) is 38.0 Å². The molecule has 118 valence electrons. The molecule has 2 rings (SSSR count). The summed E-state index contributed by atoms with van der Waals surface area (Å²) >= 11 is 0. The van der Waals surface area contributed by atoms with Crippen molar-refractivity contribution in [2.24, 2.45) is 5.73 Å². The van der Waals surface area contributed by atoms with Gasteiger partial charge in [-0.3, -0.25) is 4.90 Å². The van der Waals surface area contributed by atoms with Gasteiger partial charge in [0.15, 0.2) is 0 Å². The van der Waals surface area contributed by atoms with Crippen molar-refractivity contribution in [3.05, 3.63) is 29.3 Å². The Morgan fingerprint density at radius 1 is 1.43 bits per heavy atom. The third-order valence-corrected chi connectivity index (χ3v) is 4.10. The van der Waals surface area contributed by atoms with Gasteiger partial charge < -0.3 is 15.2 Å². The molecule has 0 spiro atoms. The highest BCUT2D eigenvalue weighted by atomic mass is 16.5. The first-order valence-corrected chi connectivity index (χ1v) is 7.98. The Hall–Kier alpha value is -1.10. The lowest BCUT2D eigenvalue weighted by Crippen LogP contribution is -2.44. The van der Waals surface area contributed by atoms with Gasteiger partial charge in [-0.25, -0.2) is 0 Å². The molecule has 1 aromatic carbocycles. The van der Waals surface area contributed by atoms with Gasteiger partial charge >= 0.3 is 0 Å². The van der Waals surface area contributed by atoms with Crippen LogP contribution in [0.4, 0.5) is 0 Å². The van der Waals surface area contributed by atoms with E-state index in [0.717, 1.165) is 44.0 Å². The average Bonchev–Trinajstić information content (AvgIpc) is 2.49. The molecule has 4 nitrogen and oxygen atoms in total. The number of nitrogens with zero attached hydrogens (tertiary/aromatic N) is 1. The van der Waals surface area contributed by atoms with Crippen LogP contribution >= 0.6 is 0 Å². The lowest BCUT2D eigenvalue weighted by Gasteiger charge is -2.35. The Labute approximate surface area is 128 Å². The second-order valence-corrected chi connectivity index (χ2v) is 5.70. The van der Waals surface area contributed by atoms with Crippen molar-refractivity contribution < 1.29 is 9.47 Å². The molecule has 2 N–H and O–H groups in total. The van der Waals surface area contributed by atoms with Gasteiger partial charge in [0.25, 0.3) is 0 Å². The number of ether oxygens (including phenoxy) is 2. The quantitative estimate of drug-likeness (QED) is 0.876. The van der Waals surface area contributed by atoms with Gasteiger partial charge in [0.05, 0.1) is 19.8 Å². The zero-order chi connectivity index (χ0) is 15.2. The lowest BCUT2D eigenvalue weighted by atomic mass is 10.0. The molecular formula is C17H28N2O2. The highest BCUT2D eigenvalue weighted by Crippen LogP contribution is 2.26. The second-order valence-electron chi connectivity index (χ2n) is 5.70. The molecule has 2 atom stereocenters. The monoisotopic (exact) mass is 292 g/mol. The van der Waals surface area contributed by atoms with Crippen LogP contribution in [0.5, 0.6) is 5.75 Å². The molecule has 2 unspecified atom stereocenters. The van der Waals surface area contributed by atoms with Crippen LogP contribution in [-0.4, -0.2) is 37.3 Å². The molecular weight excluding hydrogens is 264 g/mol. The van der Waals surface area contributed by atoms with Gasteiger partial charge in [0.2, 0.25) is 0 Å². The largest absolute Gasteiger partial charge is 0.494 e. The summed E-state index contributed by atoms with van der Waals surface area (Å²) in [6.45, 7) is 10.5. The van der Waals surface area contributed by atoms with E-state index in [1.54, 1.807) is 0 Å². The molecule has 0 aliphatic carbocycles. The van der Waals surface area contributed by atoms with Crippen molar-refractivity contribution >= 4 is 0 Å². The number of benzene rings is 1. The predicted molar refractivity (Wildman–Crippen MR) is 85.5 cm³/mol. The molecule has 1 aromatic rings. The summed E-state index contributed by atoms with van der Waals surface area (Å²) in [5, 5.41) is 0. The summed E-state index contributed by atoms with van der Waals surface area (Å²) in [7, 11) is 0. The molecule has 21 heavy (non-hydrogen) atoms. The van der Waals surface area contributed by atoms with Gasteiger partial charge in [0.1, 0.15) is 5.75 Å². The van der Waals surface area contributed by atoms with E-state index in [4.69, 9.17) is 15.2 Å². The van der Waals surface area contributed by atoms with Crippen LogP contribution < -0.4 is 10.5 Å². The van der Waals surface area contributed by atoms with Gasteiger partial charge in [-0.1, -0.05) is 13.0 Å². The standard InChI is InChI=1S/C17H28N2O2/c1-4-16-12-20-9-8-19(16)11-15-10-14(13(3)18)6-7-17(15)21-5-2/h6-7,10,13,16H,4-5,8-9,11-12,18H2,1-3H3. The molecule has 0 amide bonds. The van der Waals surface area contributed by atoms with Gasteiger partial charge in [0, 0.05) is 30.7 Å². The molecule has 1 fully saturated rings. The van der Waals surface area contributed by atoms with E-state index < -0.39 is 0 Å². The Morgan fingerprint density at radius 2 is 2.24 bits per heavy atom. The lowest BCUT2D eigenvalue weighted by molar-refractivity contribution is -0.0130.